The van der Waals surface area contributed by atoms with Gasteiger partial charge in [0.2, 0.25) is 0 Å². The second-order valence-corrected chi connectivity index (χ2v) is 6.50. The Hall–Kier alpha value is -2.95. The number of hydrogen-bond donors (Lipinski definition) is 1. The third kappa shape index (κ3) is 3.31. The fourth-order valence-electron chi connectivity index (χ4n) is 2.78. The molecule has 0 radical (unpaired) electrons. The molecule has 1 aliphatic carbocycles. The summed E-state index contributed by atoms with van der Waals surface area (Å²) < 4.78 is 5.20. The smallest absolute Gasteiger partial charge is 0.257 e. The van der Waals surface area contributed by atoms with Gasteiger partial charge >= 0.3 is 0 Å². The van der Waals surface area contributed by atoms with E-state index in [0.29, 0.717) is 23.3 Å². The maximum atomic E-state index is 12.3. The Morgan fingerprint density at radius 3 is 2.44 bits per heavy atom. The van der Waals surface area contributed by atoms with Crippen molar-refractivity contribution in [3.8, 4) is 22.6 Å². The third-order valence-electron chi connectivity index (χ3n) is 4.38. The third-order valence-corrected chi connectivity index (χ3v) is 4.38. The summed E-state index contributed by atoms with van der Waals surface area (Å²) in [4.78, 5) is 16.5. The number of aryl methyl sites for hydroxylation is 2. The number of nitrogens with zero attached hydrogens (tertiary/aromatic N) is 2. The van der Waals surface area contributed by atoms with Crippen LogP contribution in [0.1, 0.15) is 34.6 Å². The Balaban J connectivity index is 1.63. The summed E-state index contributed by atoms with van der Waals surface area (Å²) in [5.74, 6) is 1.13. The van der Waals surface area contributed by atoms with Crippen LogP contribution in [0.3, 0.4) is 0 Å². The number of hydrogen-bond acceptors (Lipinski definition) is 4. The predicted octanol–water partition coefficient (Wildman–Crippen LogP) is 3.91. The monoisotopic (exact) mass is 333 g/mol. The number of benzene rings is 2. The molecule has 25 heavy (non-hydrogen) atoms. The van der Waals surface area contributed by atoms with Crippen molar-refractivity contribution in [3.63, 3.8) is 0 Å². The number of aromatic nitrogens is 2. The fraction of sp³-hybridized carbons (Fsp3) is 0.250. The topological polar surface area (TPSA) is 68.0 Å². The van der Waals surface area contributed by atoms with Crippen molar-refractivity contribution >= 4 is 5.91 Å². The van der Waals surface area contributed by atoms with E-state index in [0.717, 1.165) is 35.1 Å². The van der Waals surface area contributed by atoms with Crippen molar-refractivity contribution in [3.05, 3.63) is 59.4 Å². The summed E-state index contributed by atoms with van der Waals surface area (Å²) in [6, 6.07) is 14.1. The summed E-state index contributed by atoms with van der Waals surface area (Å²) in [6.45, 7) is 3.84. The van der Waals surface area contributed by atoms with Gasteiger partial charge in [0, 0.05) is 17.2 Å². The standard InChI is InChI=1S/C20H19N3O2/c1-12-3-4-16(19(24)22-17-9-10-17)11-18(12)14-5-7-15(8-6-14)20-21-13(2)23-25-20/h3-8,11,17H,9-10H2,1-2H3,(H,22,24). The summed E-state index contributed by atoms with van der Waals surface area (Å²) >= 11 is 0. The van der Waals surface area contributed by atoms with Crippen LogP contribution in [-0.2, 0) is 0 Å². The Kier molecular flexibility index (Phi) is 3.84. The van der Waals surface area contributed by atoms with Gasteiger partial charge in [0.15, 0.2) is 5.82 Å². The first-order chi connectivity index (χ1) is 12.1. The van der Waals surface area contributed by atoms with Gasteiger partial charge in [-0.2, -0.15) is 4.98 Å². The molecule has 5 nitrogen and oxygen atoms in total. The van der Waals surface area contributed by atoms with E-state index < -0.39 is 0 Å². The molecule has 5 heteroatoms. The minimum atomic E-state index is 0.00158. The van der Waals surface area contributed by atoms with E-state index in [2.05, 4.69) is 15.5 Å². The highest BCUT2D eigenvalue weighted by Crippen LogP contribution is 2.28. The zero-order valence-electron chi connectivity index (χ0n) is 14.2. The van der Waals surface area contributed by atoms with Gasteiger partial charge in [-0.05, 0) is 67.6 Å². The number of amides is 1. The molecule has 1 amide bonds. The molecular weight excluding hydrogens is 314 g/mol. The van der Waals surface area contributed by atoms with Crippen molar-refractivity contribution < 1.29 is 9.32 Å². The fourth-order valence-corrected chi connectivity index (χ4v) is 2.78. The van der Waals surface area contributed by atoms with E-state index in [1.807, 2.05) is 49.4 Å². The zero-order chi connectivity index (χ0) is 17.4. The second-order valence-electron chi connectivity index (χ2n) is 6.50. The Morgan fingerprint density at radius 1 is 1.08 bits per heavy atom. The lowest BCUT2D eigenvalue weighted by Crippen LogP contribution is -2.25. The van der Waals surface area contributed by atoms with Crippen LogP contribution in [0.15, 0.2) is 47.0 Å². The number of rotatable bonds is 4. The molecule has 0 aliphatic heterocycles. The van der Waals surface area contributed by atoms with E-state index in [-0.39, 0.29) is 5.91 Å². The molecule has 2 aromatic carbocycles. The van der Waals surface area contributed by atoms with E-state index in [9.17, 15) is 4.79 Å². The molecule has 1 aliphatic rings. The summed E-state index contributed by atoms with van der Waals surface area (Å²) in [5.41, 5.74) is 4.81. The average molecular weight is 333 g/mol. The van der Waals surface area contributed by atoms with Gasteiger partial charge in [0.25, 0.3) is 11.8 Å². The number of carbonyl (C=O) groups excluding carboxylic acids is 1. The number of nitrogens with one attached hydrogen (secondary N) is 1. The van der Waals surface area contributed by atoms with Crippen molar-refractivity contribution in [1.29, 1.82) is 0 Å². The van der Waals surface area contributed by atoms with E-state index in [4.69, 9.17) is 4.52 Å². The van der Waals surface area contributed by atoms with Crippen LogP contribution in [0, 0.1) is 13.8 Å². The predicted molar refractivity (Wildman–Crippen MR) is 95.1 cm³/mol. The highest BCUT2D eigenvalue weighted by Gasteiger charge is 2.24. The van der Waals surface area contributed by atoms with Crippen molar-refractivity contribution in [2.24, 2.45) is 0 Å². The van der Waals surface area contributed by atoms with Crippen molar-refractivity contribution in [2.75, 3.05) is 0 Å². The second kappa shape index (κ2) is 6.16. The Bertz CT molecular complexity index is 924. The van der Waals surface area contributed by atoms with Crippen LogP contribution in [0.4, 0.5) is 0 Å². The largest absolute Gasteiger partial charge is 0.349 e. The van der Waals surface area contributed by atoms with Crippen molar-refractivity contribution in [1.82, 2.24) is 15.5 Å². The molecule has 1 N–H and O–H groups in total. The molecule has 1 fully saturated rings. The minimum Gasteiger partial charge on any atom is -0.349 e. The van der Waals surface area contributed by atoms with E-state index >= 15 is 0 Å². The normalized spacial score (nSPS) is 13.7. The van der Waals surface area contributed by atoms with Gasteiger partial charge in [-0.1, -0.05) is 23.4 Å². The molecule has 0 spiro atoms. The van der Waals surface area contributed by atoms with Crippen LogP contribution >= 0.6 is 0 Å². The zero-order valence-corrected chi connectivity index (χ0v) is 14.2. The highest BCUT2D eigenvalue weighted by atomic mass is 16.5. The van der Waals surface area contributed by atoms with Gasteiger partial charge in [0.05, 0.1) is 0 Å². The first-order valence-electron chi connectivity index (χ1n) is 8.43. The first kappa shape index (κ1) is 15.6. The lowest BCUT2D eigenvalue weighted by Gasteiger charge is -2.10. The highest BCUT2D eigenvalue weighted by molar-refractivity contribution is 5.96. The molecule has 1 aromatic heterocycles. The summed E-state index contributed by atoms with van der Waals surface area (Å²) in [7, 11) is 0. The molecule has 0 atom stereocenters. The average Bonchev–Trinajstić information content (AvgIpc) is 3.33. The molecule has 0 unspecified atom stereocenters. The molecule has 3 aromatic rings. The molecule has 1 saturated carbocycles. The van der Waals surface area contributed by atoms with Crippen molar-refractivity contribution in [2.45, 2.75) is 32.7 Å². The lowest BCUT2D eigenvalue weighted by atomic mass is 9.97. The lowest BCUT2D eigenvalue weighted by molar-refractivity contribution is 0.0951. The molecule has 0 bridgehead atoms. The maximum Gasteiger partial charge on any atom is 0.257 e. The molecule has 4 rings (SSSR count). The summed E-state index contributed by atoms with van der Waals surface area (Å²) in [5, 5.41) is 6.85. The Labute approximate surface area is 146 Å². The van der Waals surface area contributed by atoms with Crippen LogP contribution in [0.25, 0.3) is 22.6 Å². The van der Waals surface area contributed by atoms with Crippen LogP contribution < -0.4 is 5.32 Å². The quantitative estimate of drug-likeness (QED) is 0.786. The van der Waals surface area contributed by atoms with Crippen LogP contribution in [-0.4, -0.2) is 22.1 Å². The number of carbonyl (C=O) groups is 1. The molecular formula is C20H19N3O2. The Morgan fingerprint density at radius 2 is 1.80 bits per heavy atom. The SMILES string of the molecule is Cc1noc(-c2ccc(-c3cc(C(=O)NC4CC4)ccc3C)cc2)n1. The van der Waals surface area contributed by atoms with Gasteiger partial charge in [-0.3, -0.25) is 4.79 Å². The first-order valence-corrected chi connectivity index (χ1v) is 8.43. The van der Waals surface area contributed by atoms with Gasteiger partial charge in [-0.15, -0.1) is 0 Å². The van der Waals surface area contributed by atoms with Crippen LogP contribution in [0.5, 0.6) is 0 Å². The van der Waals surface area contributed by atoms with Crippen LogP contribution in [0.2, 0.25) is 0 Å². The van der Waals surface area contributed by atoms with Gasteiger partial charge in [-0.25, -0.2) is 0 Å². The minimum absolute atomic E-state index is 0.00158. The van der Waals surface area contributed by atoms with E-state index in [1.165, 1.54) is 0 Å². The van der Waals surface area contributed by atoms with Gasteiger partial charge < -0.3 is 9.84 Å². The molecule has 126 valence electrons. The van der Waals surface area contributed by atoms with E-state index in [1.54, 1.807) is 6.92 Å². The maximum absolute atomic E-state index is 12.3. The van der Waals surface area contributed by atoms with Gasteiger partial charge in [0.1, 0.15) is 0 Å². The summed E-state index contributed by atoms with van der Waals surface area (Å²) in [6.07, 6.45) is 2.17. The molecule has 0 saturated heterocycles. The molecule has 1 heterocycles.